The summed E-state index contributed by atoms with van der Waals surface area (Å²) in [6.07, 6.45) is 3.83. The molecule has 1 aliphatic rings. The van der Waals surface area contributed by atoms with Gasteiger partial charge in [-0.05, 0) is 37.1 Å². The van der Waals surface area contributed by atoms with Crippen molar-refractivity contribution in [1.29, 1.82) is 0 Å². The molecule has 8 heteroatoms. The summed E-state index contributed by atoms with van der Waals surface area (Å²) in [6.45, 7) is 1.27. The molecule has 1 aliphatic heterocycles. The second-order valence-electron chi connectivity index (χ2n) is 5.99. The first-order valence-corrected chi connectivity index (χ1v) is 8.53. The lowest BCUT2D eigenvalue weighted by atomic mass is 10.2. The third-order valence-electron chi connectivity index (χ3n) is 3.97. The molecule has 27 heavy (non-hydrogen) atoms. The van der Waals surface area contributed by atoms with Crippen molar-refractivity contribution in [2.24, 2.45) is 0 Å². The van der Waals surface area contributed by atoms with Gasteiger partial charge in [-0.3, -0.25) is 19.3 Å². The molecule has 2 rings (SSSR count). The fourth-order valence-corrected chi connectivity index (χ4v) is 2.45. The number of nitrogens with zero attached hydrogens (tertiary/aromatic N) is 1. The smallest absolute Gasteiger partial charge is 0.328 e. The van der Waals surface area contributed by atoms with Crippen LogP contribution in [0.2, 0.25) is 0 Å². The first-order chi connectivity index (χ1) is 12.9. The van der Waals surface area contributed by atoms with Gasteiger partial charge in [-0.15, -0.1) is 0 Å². The molecule has 1 fully saturated rings. The highest BCUT2D eigenvalue weighted by Gasteiger charge is 2.27. The van der Waals surface area contributed by atoms with Crippen LogP contribution in [0.5, 0.6) is 5.75 Å². The summed E-state index contributed by atoms with van der Waals surface area (Å²) < 4.78 is 9.93. The normalized spacial score (nSPS) is 14.9. The number of carbonyl (C=O) groups excluding carboxylic acids is 4. The summed E-state index contributed by atoms with van der Waals surface area (Å²) in [5, 5.41) is 2.46. The summed E-state index contributed by atoms with van der Waals surface area (Å²) in [7, 11) is 1.56. The van der Waals surface area contributed by atoms with Gasteiger partial charge in [0.2, 0.25) is 11.8 Å². The largest absolute Gasteiger partial charge is 0.497 e. The maximum Gasteiger partial charge on any atom is 0.328 e. The number of hydrogen-bond acceptors (Lipinski definition) is 6. The Morgan fingerprint density at radius 3 is 2.56 bits per heavy atom. The molecule has 144 valence electrons. The van der Waals surface area contributed by atoms with E-state index in [-0.39, 0.29) is 5.91 Å². The molecule has 3 amide bonds. The molecule has 0 spiro atoms. The molecule has 0 aromatic heterocycles. The quantitative estimate of drug-likeness (QED) is 0.562. The monoisotopic (exact) mass is 374 g/mol. The Balaban J connectivity index is 1.77. The average molecular weight is 374 g/mol. The number of amides is 3. The molecule has 0 saturated carbocycles. The van der Waals surface area contributed by atoms with Crippen molar-refractivity contribution in [2.75, 3.05) is 20.3 Å². The number of methoxy groups -OCH3 is 1. The Kier molecular flexibility index (Phi) is 7.10. The van der Waals surface area contributed by atoms with Crippen LogP contribution in [0.3, 0.4) is 0 Å². The predicted octanol–water partition coefficient (Wildman–Crippen LogP) is 0.905. The molecule has 1 aromatic rings. The van der Waals surface area contributed by atoms with Crippen molar-refractivity contribution in [3.8, 4) is 5.75 Å². The molecule has 8 nitrogen and oxygen atoms in total. The molecule has 1 N–H and O–H groups in total. The summed E-state index contributed by atoms with van der Waals surface area (Å²) in [5.41, 5.74) is 0.794. The van der Waals surface area contributed by atoms with Crippen LogP contribution >= 0.6 is 0 Å². The SMILES string of the molecule is COc1ccc(C=CC(=O)N[C@@H](C)C(=O)OCC(=O)N2CCCC2=O)cc1. The summed E-state index contributed by atoms with van der Waals surface area (Å²) in [4.78, 5) is 48.2. The Labute approximate surface area is 157 Å². The third-order valence-corrected chi connectivity index (χ3v) is 3.97. The van der Waals surface area contributed by atoms with Gasteiger partial charge in [0, 0.05) is 19.0 Å². The predicted molar refractivity (Wildman–Crippen MR) is 96.5 cm³/mol. The van der Waals surface area contributed by atoms with Crippen molar-refractivity contribution in [3.05, 3.63) is 35.9 Å². The zero-order valence-corrected chi connectivity index (χ0v) is 15.3. The van der Waals surface area contributed by atoms with Crippen LogP contribution in [0.25, 0.3) is 6.08 Å². The van der Waals surface area contributed by atoms with Gasteiger partial charge in [0.05, 0.1) is 7.11 Å². The van der Waals surface area contributed by atoms with Crippen LogP contribution in [-0.2, 0) is 23.9 Å². The molecular formula is C19H22N2O6. The lowest BCUT2D eigenvalue weighted by Crippen LogP contribution is -2.41. The molecule has 1 aromatic carbocycles. The molecule has 0 unspecified atom stereocenters. The molecular weight excluding hydrogens is 352 g/mol. The lowest BCUT2D eigenvalue weighted by molar-refractivity contribution is -0.156. The van der Waals surface area contributed by atoms with E-state index < -0.39 is 30.4 Å². The van der Waals surface area contributed by atoms with Gasteiger partial charge in [0.15, 0.2) is 6.61 Å². The van der Waals surface area contributed by atoms with Gasteiger partial charge in [-0.25, -0.2) is 4.79 Å². The van der Waals surface area contributed by atoms with E-state index in [1.165, 1.54) is 13.0 Å². The van der Waals surface area contributed by atoms with Crippen molar-refractivity contribution < 1.29 is 28.7 Å². The standard InChI is InChI=1S/C19H22N2O6/c1-13(19(25)27-12-18(24)21-11-3-4-17(21)23)20-16(22)10-7-14-5-8-15(26-2)9-6-14/h5-10,13H,3-4,11-12H2,1-2H3,(H,20,22)/t13-/m0/s1. The summed E-state index contributed by atoms with van der Waals surface area (Å²) in [6, 6.07) is 6.16. The maximum absolute atomic E-state index is 11.9. The van der Waals surface area contributed by atoms with Crippen LogP contribution in [0, 0.1) is 0 Å². The second-order valence-corrected chi connectivity index (χ2v) is 5.99. The van der Waals surface area contributed by atoms with Crippen molar-refractivity contribution in [2.45, 2.75) is 25.8 Å². The summed E-state index contributed by atoms with van der Waals surface area (Å²) >= 11 is 0. The number of ether oxygens (including phenoxy) is 2. The Morgan fingerprint density at radius 2 is 1.96 bits per heavy atom. The Bertz CT molecular complexity index is 741. The number of carbonyl (C=O) groups is 4. The van der Waals surface area contributed by atoms with Gasteiger partial charge in [-0.1, -0.05) is 12.1 Å². The number of benzene rings is 1. The molecule has 1 heterocycles. The highest BCUT2D eigenvalue weighted by Crippen LogP contribution is 2.12. The van der Waals surface area contributed by atoms with Crippen molar-refractivity contribution in [1.82, 2.24) is 10.2 Å². The van der Waals surface area contributed by atoms with E-state index in [2.05, 4.69) is 5.32 Å². The Hall–Kier alpha value is -3.16. The zero-order chi connectivity index (χ0) is 19.8. The minimum Gasteiger partial charge on any atom is -0.497 e. The topological polar surface area (TPSA) is 102 Å². The number of nitrogens with one attached hydrogen (secondary N) is 1. The third kappa shape index (κ3) is 5.95. The number of hydrogen-bond donors (Lipinski definition) is 1. The first-order valence-electron chi connectivity index (χ1n) is 8.53. The Morgan fingerprint density at radius 1 is 1.26 bits per heavy atom. The van der Waals surface area contributed by atoms with Crippen LogP contribution in [0.4, 0.5) is 0 Å². The van der Waals surface area contributed by atoms with Gasteiger partial charge >= 0.3 is 5.97 Å². The van der Waals surface area contributed by atoms with Crippen LogP contribution < -0.4 is 10.1 Å². The number of esters is 1. The number of rotatable bonds is 7. The molecule has 1 atom stereocenters. The van der Waals surface area contributed by atoms with E-state index in [4.69, 9.17) is 9.47 Å². The first kappa shape index (κ1) is 20.2. The van der Waals surface area contributed by atoms with E-state index in [0.717, 1.165) is 10.5 Å². The highest BCUT2D eigenvalue weighted by atomic mass is 16.5. The summed E-state index contributed by atoms with van der Waals surface area (Å²) in [5.74, 6) is -1.33. The second kappa shape index (κ2) is 9.51. The van der Waals surface area contributed by atoms with Crippen molar-refractivity contribution in [3.63, 3.8) is 0 Å². The van der Waals surface area contributed by atoms with E-state index in [1.807, 2.05) is 0 Å². The van der Waals surface area contributed by atoms with Crippen LogP contribution in [0.1, 0.15) is 25.3 Å². The van der Waals surface area contributed by atoms with E-state index in [1.54, 1.807) is 37.5 Å². The molecule has 0 bridgehead atoms. The van der Waals surface area contributed by atoms with Gasteiger partial charge in [-0.2, -0.15) is 0 Å². The molecule has 0 aliphatic carbocycles. The van der Waals surface area contributed by atoms with E-state index in [0.29, 0.717) is 25.1 Å². The highest BCUT2D eigenvalue weighted by molar-refractivity contribution is 5.98. The fourth-order valence-electron chi connectivity index (χ4n) is 2.45. The van der Waals surface area contributed by atoms with Crippen LogP contribution in [-0.4, -0.2) is 54.9 Å². The van der Waals surface area contributed by atoms with Gasteiger partial charge in [0.1, 0.15) is 11.8 Å². The van der Waals surface area contributed by atoms with Gasteiger partial charge in [0.25, 0.3) is 5.91 Å². The number of likely N-dealkylation sites (tertiary alicyclic amines) is 1. The average Bonchev–Trinajstić information content (AvgIpc) is 3.10. The number of imide groups is 1. The van der Waals surface area contributed by atoms with Crippen molar-refractivity contribution >= 4 is 29.8 Å². The minimum absolute atomic E-state index is 0.263. The minimum atomic E-state index is -0.930. The molecule has 0 radical (unpaired) electrons. The van der Waals surface area contributed by atoms with E-state index in [9.17, 15) is 19.2 Å². The lowest BCUT2D eigenvalue weighted by Gasteiger charge is -2.15. The molecule has 1 saturated heterocycles. The van der Waals surface area contributed by atoms with Crippen LogP contribution in [0.15, 0.2) is 30.3 Å². The van der Waals surface area contributed by atoms with E-state index >= 15 is 0 Å². The van der Waals surface area contributed by atoms with Gasteiger partial charge < -0.3 is 14.8 Å². The zero-order valence-electron chi connectivity index (χ0n) is 15.3. The maximum atomic E-state index is 11.9. The fraction of sp³-hybridized carbons (Fsp3) is 0.368.